The van der Waals surface area contributed by atoms with Gasteiger partial charge < -0.3 is 9.84 Å². The number of ether oxygens (including phenoxy) is 1. The highest BCUT2D eigenvalue weighted by Crippen LogP contribution is 1.94. The van der Waals surface area contributed by atoms with Crippen molar-refractivity contribution < 1.29 is 33.8 Å². The third kappa shape index (κ3) is 5.29. The van der Waals surface area contributed by atoms with E-state index in [1.807, 2.05) is 0 Å². The summed E-state index contributed by atoms with van der Waals surface area (Å²) in [6, 6.07) is 0. The Bertz CT molecular complexity index is 328. The number of carbonyl (C=O) groups excluding carboxylic acids is 4. The van der Waals surface area contributed by atoms with Gasteiger partial charge in [0.2, 0.25) is 11.6 Å². The molecule has 0 radical (unpaired) electrons. The molecule has 1 N–H and O–H groups in total. The highest BCUT2D eigenvalue weighted by atomic mass is 16.6. The maximum absolute atomic E-state index is 10.8. The predicted molar refractivity (Wildman–Crippen MR) is 43.7 cm³/mol. The van der Waals surface area contributed by atoms with Crippen molar-refractivity contribution in [1.29, 1.82) is 0 Å². The SMILES string of the molecule is CC(=O)C(=O)OC(=O)C(=O)CCC(=O)O. The predicted octanol–water partition coefficient (Wildman–Crippen LogP) is -0.921. The molecule has 0 rings (SSSR count). The van der Waals surface area contributed by atoms with Crippen LogP contribution in [0, 0.1) is 0 Å². The molecule has 0 aliphatic heterocycles. The lowest BCUT2D eigenvalue weighted by Gasteiger charge is -1.98. The van der Waals surface area contributed by atoms with Crippen LogP contribution in [-0.2, 0) is 28.7 Å². The third-order valence-electron chi connectivity index (χ3n) is 1.27. The molecule has 0 aromatic heterocycles. The van der Waals surface area contributed by atoms with Gasteiger partial charge in [-0.15, -0.1) is 0 Å². The summed E-state index contributed by atoms with van der Waals surface area (Å²) in [4.78, 5) is 52.4. The topological polar surface area (TPSA) is 115 Å². The molecule has 0 atom stereocenters. The number of carboxylic acids is 1. The van der Waals surface area contributed by atoms with Crippen LogP contribution in [0.2, 0.25) is 0 Å². The molecule has 0 aliphatic carbocycles. The average molecular weight is 216 g/mol. The standard InChI is InChI=1S/C8H8O7/c1-4(9)7(13)15-8(14)5(10)2-3-6(11)12/h2-3H2,1H3,(H,11,12). The first-order valence-corrected chi connectivity index (χ1v) is 3.86. The molecule has 7 nitrogen and oxygen atoms in total. The van der Waals surface area contributed by atoms with Gasteiger partial charge in [0.25, 0.3) is 0 Å². The zero-order valence-electron chi connectivity index (χ0n) is 7.81. The number of rotatable bonds is 5. The number of hydrogen-bond donors (Lipinski definition) is 1. The van der Waals surface area contributed by atoms with Crippen molar-refractivity contribution in [3.8, 4) is 0 Å². The van der Waals surface area contributed by atoms with E-state index in [1.54, 1.807) is 0 Å². The molecular weight excluding hydrogens is 208 g/mol. The lowest BCUT2D eigenvalue weighted by Crippen LogP contribution is -2.25. The zero-order chi connectivity index (χ0) is 12.0. The van der Waals surface area contributed by atoms with Gasteiger partial charge in [-0.25, -0.2) is 9.59 Å². The van der Waals surface area contributed by atoms with Crippen molar-refractivity contribution in [2.24, 2.45) is 0 Å². The van der Waals surface area contributed by atoms with Crippen molar-refractivity contribution in [2.45, 2.75) is 19.8 Å². The second kappa shape index (κ2) is 5.63. The Balaban J connectivity index is 4.11. The Kier molecular flexibility index (Phi) is 4.86. The van der Waals surface area contributed by atoms with Gasteiger partial charge in [0.15, 0.2) is 0 Å². The molecule has 0 aliphatic rings. The van der Waals surface area contributed by atoms with Crippen molar-refractivity contribution in [3.63, 3.8) is 0 Å². The molecular formula is C8H8O7. The Morgan fingerprint density at radius 3 is 1.93 bits per heavy atom. The first-order valence-electron chi connectivity index (χ1n) is 3.86. The maximum atomic E-state index is 10.8. The minimum atomic E-state index is -1.52. The van der Waals surface area contributed by atoms with Crippen LogP contribution in [0.5, 0.6) is 0 Å². The number of hydrogen-bond acceptors (Lipinski definition) is 6. The van der Waals surface area contributed by atoms with Crippen LogP contribution in [0.3, 0.4) is 0 Å². The van der Waals surface area contributed by atoms with Crippen LogP contribution < -0.4 is 0 Å². The summed E-state index contributed by atoms with van der Waals surface area (Å²) >= 11 is 0. The van der Waals surface area contributed by atoms with Crippen molar-refractivity contribution >= 4 is 29.5 Å². The quantitative estimate of drug-likeness (QED) is 0.359. The van der Waals surface area contributed by atoms with E-state index in [4.69, 9.17) is 5.11 Å². The van der Waals surface area contributed by atoms with Crippen LogP contribution in [0.1, 0.15) is 19.8 Å². The molecule has 0 saturated carbocycles. The number of esters is 2. The van der Waals surface area contributed by atoms with E-state index in [-0.39, 0.29) is 0 Å². The minimum absolute atomic E-state index is 0.539. The summed E-state index contributed by atoms with van der Waals surface area (Å²) in [6.07, 6.45) is -1.11. The summed E-state index contributed by atoms with van der Waals surface area (Å²) in [5, 5.41) is 8.19. The van der Waals surface area contributed by atoms with Gasteiger partial charge >= 0.3 is 17.9 Å². The fourth-order valence-corrected chi connectivity index (χ4v) is 0.536. The summed E-state index contributed by atoms with van der Waals surface area (Å²) < 4.78 is 3.84. The van der Waals surface area contributed by atoms with Crippen molar-refractivity contribution in [2.75, 3.05) is 0 Å². The highest BCUT2D eigenvalue weighted by molar-refractivity contribution is 6.41. The van der Waals surface area contributed by atoms with Gasteiger partial charge in [-0.3, -0.25) is 14.4 Å². The number of aliphatic carboxylic acids is 1. The zero-order valence-corrected chi connectivity index (χ0v) is 7.81. The normalized spacial score (nSPS) is 9.13. The summed E-state index contributed by atoms with van der Waals surface area (Å²) in [7, 11) is 0. The Morgan fingerprint density at radius 1 is 1.00 bits per heavy atom. The molecule has 0 amide bonds. The molecule has 0 unspecified atom stereocenters. The van der Waals surface area contributed by atoms with Gasteiger partial charge in [0, 0.05) is 13.3 Å². The Hall–Kier alpha value is -2.05. The molecule has 0 aromatic carbocycles. The molecule has 0 saturated heterocycles. The molecule has 0 heterocycles. The van der Waals surface area contributed by atoms with E-state index >= 15 is 0 Å². The van der Waals surface area contributed by atoms with Gasteiger partial charge in [0.05, 0.1) is 6.42 Å². The van der Waals surface area contributed by atoms with Crippen molar-refractivity contribution in [3.05, 3.63) is 0 Å². The lowest BCUT2D eigenvalue weighted by atomic mass is 10.2. The molecule has 7 heteroatoms. The molecule has 0 fully saturated rings. The maximum Gasteiger partial charge on any atom is 0.382 e. The van der Waals surface area contributed by atoms with Crippen molar-refractivity contribution in [1.82, 2.24) is 0 Å². The third-order valence-corrected chi connectivity index (χ3v) is 1.27. The number of carboxylic acid groups (broad SMARTS) is 1. The number of Topliss-reactive ketones (excluding diaryl/α,β-unsaturated/α-hetero) is 2. The van der Waals surface area contributed by atoms with E-state index < -0.39 is 42.3 Å². The van der Waals surface area contributed by atoms with Crippen LogP contribution in [0.25, 0.3) is 0 Å². The molecule has 82 valence electrons. The van der Waals surface area contributed by atoms with Crippen LogP contribution in [0.15, 0.2) is 0 Å². The summed E-state index contributed by atoms with van der Waals surface area (Å²) in [5.74, 6) is -6.39. The van der Waals surface area contributed by atoms with E-state index in [2.05, 4.69) is 4.74 Å². The second-order valence-corrected chi connectivity index (χ2v) is 2.55. The van der Waals surface area contributed by atoms with E-state index in [9.17, 15) is 24.0 Å². The fourth-order valence-electron chi connectivity index (χ4n) is 0.536. The Morgan fingerprint density at radius 2 is 1.53 bits per heavy atom. The van der Waals surface area contributed by atoms with Gasteiger partial charge in [-0.1, -0.05) is 0 Å². The largest absolute Gasteiger partial charge is 0.481 e. The second-order valence-electron chi connectivity index (χ2n) is 2.55. The Labute approximate surface area is 84.0 Å². The minimum Gasteiger partial charge on any atom is -0.481 e. The summed E-state index contributed by atoms with van der Waals surface area (Å²) in [6.45, 7) is 0.872. The smallest absolute Gasteiger partial charge is 0.382 e. The van der Waals surface area contributed by atoms with Gasteiger partial charge in [-0.2, -0.15) is 0 Å². The summed E-state index contributed by atoms with van der Waals surface area (Å²) in [5.41, 5.74) is 0. The van der Waals surface area contributed by atoms with E-state index in [1.165, 1.54) is 0 Å². The molecule has 15 heavy (non-hydrogen) atoms. The van der Waals surface area contributed by atoms with Crippen LogP contribution in [0.4, 0.5) is 0 Å². The molecule has 0 spiro atoms. The number of carbonyl (C=O) groups is 5. The van der Waals surface area contributed by atoms with E-state index in [0.29, 0.717) is 0 Å². The van der Waals surface area contributed by atoms with Crippen LogP contribution >= 0.6 is 0 Å². The lowest BCUT2D eigenvalue weighted by molar-refractivity contribution is -0.167. The number of ketones is 2. The fraction of sp³-hybridized carbons (Fsp3) is 0.375. The van der Waals surface area contributed by atoms with Crippen LogP contribution in [-0.4, -0.2) is 34.6 Å². The average Bonchev–Trinajstić information content (AvgIpc) is 2.13. The highest BCUT2D eigenvalue weighted by Gasteiger charge is 2.22. The molecule has 0 bridgehead atoms. The first kappa shape index (κ1) is 12.9. The van der Waals surface area contributed by atoms with Gasteiger partial charge in [0.1, 0.15) is 0 Å². The van der Waals surface area contributed by atoms with Gasteiger partial charge in [-0.05, 0) is 0 Å². The van der Waals surface area contributed by atoms with E-state index in [0.717, 1.165) is 6.92 Å². The molecule has 0 aromatic rings. The first-order chi connectivity index (χ1) is 6.84. The monoisotopic (exact) mass is 216 g/mol.